The van der Waals surface area contributed by atoms with Crippen LogP contribution in [0.15, 0.2) is 22.6 Å². The Labute approximate surface area is 94.1 Å². The van der Waals surface area contributed by atoms with Crippen molar-refractivity contribution in [1.82, 2.24) is 0 Å². The van der Waals surface area contributed by atoms with Gasteiger partial charge >= 0.3 is 0 Å². The van der Waals surface area contributed by atoms with E-state index >= 15 is 0 Å². The summed E-state index contributed by atoms with van der Waals surface area (Å²) in [6.45, 7) is 0. The molecule has 0 saturated heterocycles. The van der Waals surface area contributed by atoms with Gasteiger partial charge in [0.2, 0.25) is 0 Å². The smallest absolute Gasteiger partial charge is 0.159 e. The minimum atomic E-state index is -0.959. The van der Waals surface area contributed by atoms with Gasteiger partial charge in [-0.15, -0.1) is 11.8 Å². The van der Waals surface area contributed by atoms with Gasteiger partial charge in [-0.1, -0.05) is 11.6 Å². The van der Waals surface area contributed by atoms with E-state index in [2.05, 4.69) is 0 Å². The van der Waals surface area contributed by atoms with Crippen molar-refractivity contribution >= 4 is 34.7 Å². The number of rotatable bonds is 1. The molecule has 0 aliphatic carbocycles. The number of hydrogen-bond donors (Lipinski definition) is 0. The van der Waals surface area contributed by atoms with Gasteiger partial charge in [0.25, 0.3) is 0 Å². The fourth-order valence-corrected chi connectivity index (χ4v) is 2.73. The average molecular weight is 247 g/mol. The summed E-state index contributed by atoms with van der Waals surface area (Å²) in [7, 11) is 0. The van der Waals surface area contributed by atoms with E-state index in [-0.39, 0.29) is 5.03 Å². The monoisotopic (exact) mass is 246 g/mol. The quantitative estimate of drug-likeness (QED) is 0.708. The molecule has 0 amide bonds. The first-order valence-electron chi connectivity index (χ1n) is 4.09. The first-order valence-corrected chi connectivity index (χ1v) is 5.46. The largest absolute Gasteiger partial charge is 0.298 e. The van der Waals surface area contributed by atoms with E-state index in [1.54, 1.807) is 0 Å². The topological polar surface area (TPSA) is 17.1 Å². The van der Waals surface area contributed by atoms with Crippen molar-refractivity contribution in [3.63, 3.8) is 0 Å². The highest BCUT2D eigenvalue weighted by Crippen LogP contribution is 2.39. The zero-order valence-electron chi connectivity index (χ0n) is 7.39. The highest BCUT2D eigenvalue weighted by atomic mass is 35.5. The van der Waals surface area contributed by atoms with Gasteiger partial charge in [-0.3, -0.25) is 4.79 Å². The van der Waals surface area contributed by atoms with E-state index in [1.807, 2.05) is 0 Å². The number of benzene rings is 1. The zero-order chi connectivity index (χ0) is 11.0. The van der Waals surface area contributed by atoms with E-state index in [4.69, 9.17) is 11.6 Å². The lowest BCUT2D eigenvalue weighted by molar-refractivity contribution is -0.104. The SMILES string of the molecule is O=CC1=C(Cl)c2cc(F)c(F)cc2SC1. The number of hydrogen-bond acceptors (Lipinski definition) is 2. The Balaban J connectivity index is 2.63. The summed E-state index contributed by atoms with van der Waals surface area (Å²) in [5.41, 5.74) is 0.786. The van der Waals surface area contributed by atoms with Crippen LogP contribution in [0.1, 0.15) is 5.56 Å². The van der Waals surface area contributed by atoms with Crippen LogP contribution in [0.4, 0.5) is 8.78 Å². The molecule has 1 aromatic rings. The molecule has 1 heterocycles. The van der Waals surface area contributed by atoms with Gasteiger partial charge < -0.3 is 0 Å². The Kier molecular flexibility index (Phi) is 2.80. The van der Waals surface area contributed by atoms with Gasteiger partial charge in [-0.2, -0.15) is 0 Å². The fraction of sp³-hybridized carbons (Fsp3) is 0.100. The molecule has 0 N–H and O–H groups in total. The van der Waals surface area contributed by atoms with Gasteiger partial charge in [0, 0.05) is 21.8 Å². The van der Waals surface area contributed by atoms with E-state index in [9.17, 15) is 13.6 Å². The Bertz CT molecular complexity index is 471. The molecular weight excluding hydrogens is 242 g/mol. The van der Waals surface area contributed by atoms with Gasteiger partial charge in [0.15, 0.2) is 11.6 Å². The Morgan fingerprint density at radius 3 is 2.67 bits per heavy atom. The van der Waals surface area contributed by atoms with Crippen molar-refractivity contribution in [2.45, 2.75) is 4.90 Å². The lowest BCUT2D eigenvalue weighted by Gasteiger charge is -2.16. The molecule has 0 unspecified atom stereocenters. The van der Waals surface area contributed by atoms with Gasteiger partial charge in [-0.05, 0) is 12.1 Å². The number of carbonyl (C=O) groups is 1. The van der Waals surface area contributed by atoms with E-state index < -0.39 is 11.6 Å². The van der Waals surface area contributed by atoms with Gasteiger partial charge in [0.05, 0.1) is 5.03 Å². The number of fused-ring (bicyclic) bond motifs is 1. The number of thioether (sulfide) groups is 1. The molecule has 0 fully saturated rings. The molecule has 2 rings (SSSR count). The molecule has 0 bridgehead atoms. The van der Waals surface area contributed by atoms with Crippen LogP contribution in [-0.4, -0.2) is 12.0 Å². The van der Waals surface area contributed by atoms with Crippen LogP contribution in [-0.2, 0) is 4.79 Å². The van der Waals surface area contributed by atoms with Crippen LogP contribution in [0.2, 0.25) is 0 Å². The summed E-state index contributed by atoms with van der Waals surface area (Å²) in [4.78, 5) is 11.2. The molecular formula is C10H5ClF2OS. The maximum absolute atomic E-state index is 13.0. The summed E-state index contributed by atoms with van der Waals surface area (Å²) >= 11 is 7.15. The molecule has 5 heteroatoms. The number of halogens is 3. The molecule has 1 nitrogen and oxygen atoms in total. The Morgan fingerprint density at radius 2 is 2.00 bits per heavy atom. The average Bonchev–Trinajstić information content (AvgIpc) is 2.22. The van der Waals surface area contributed by atoms with Crippen LogP contribution < -0.4 is 0 Å². The number of aldehydes is 1. The fourth-order valence-electron chi connectivity index (χ4n) is 1.30. The standard InChI is InChI=1S/C10H5ClF2OS/c11-10-5(3-14)4-15-9-2-8(13)7(12)1-6(9)10/h1-3H,4H2. The van der Waals surface area contributed by atoms with Crippen LogP contribution in [0.3, 0.4) is 0 Å². The maximum Gasteiger partial charge on any atom is 0.159 e. The summed E-state index contributed by atoms with van der Waals surface area (Å²) in [5.74, 6) is -1.47. The van der Waals surface area contributed by atoms with Crippen molar-refractivity contribution in [3.8, 4) is 0 Å². The first kappa shape index (κ1) is 10.6. The van der Waals surface area contributed by atoms with Crippen LogP contribution in [0.5, 0.6) is 0 Å². The molecule has 0 radical (unpaired) electrons. The minimum Gasteiger partial charge on any atom is -0.298 e. The third-order valence-electron chi connectivity index (χ3n) is 2.07. The normalized spacial score (nSPS) is 15.1. The van der Waals surface area contributed by atoms with Crippen LogP contribution in [0, 0.1) is 11.6 Å². The predicted molar refractivity (Wildman–Crippen MR) is 55.9 cm³/mol. The lowest BCUT2D eigenvalue weighted by atomic mass is 10.1. The molecule has 0 atom stereocenters. The Morgan fingerprint density at radius 1 is 1.33 bits per heavy atom. The van der Waals surface area contributed by atoms with Crippen molar-refractivity contribution < 1.29 is 13.6 Å². The van der Waals surface area contributed by atoms with E-state index in [0.717, 1.165) is 12.1 Å². The molecule has 0 aromatic heterocycles. The van der Waals surface area contributed by atoms with Gasteiger partial charge in [0.1, 0.15) is 6.29 Å². The third-order valence-corrected chi connectivity index (χ3v) is 3.62. The summed E-state index contributed by atoms with van der Waals surface area (Å²) < 4.78 is 25.9. The highest BCUT2D eigenvalue weighted by molar-refractivity contribution is 7.99. The molecule has 0 saturated carbocycles. The second kappa shape index (κ2) is 3.94. The molecule has 78 valence electrons. The summed E-state index contributed by atoms with van der Waals surface area (Å²) in [6, 6.07) is 2.11. The van der Waals surface area contributed by atoms with Crippen molar-refractivity contribution in [1.29, 1.82) is 0 Å². The molecule has 1 aliphatic heterocycles. The maximum atomic E-state index is 13.0. The highest BCUT2D eigenvalue weighted by Gasteiger charge is 2.20. The zero-order valence-corrected chi connectivity index (χ0v) is 8.96. The van der Waals surface area contributed by atoms with Crippen molar-refractivity contribution in [2.24, 2.45) is 0 Å². The minimum absolute atomic E-state index is 0.206. The van der Waals surface area contributed by atoms with E-state index in [1.165, 1.54) is 11.8 Å². The molecule has 1 aromatic carbocycles. The number of carbonyl (C=O) groups excluding carboxylic acids is 1. The molecule has 15 heavy (non-hydrogen) atoms. The molecule has 0 spiro atoms. The van der Waals surface area contributed by atoms with Crippen molar-refractivity contribution in [2.75, 3.05) is 5.75 Å². The van der Waals surface area contributed by atoms with Crippen LogP contribution >= 0.6 is 23.4 Å². The first-order chi connectivity index (χ1) is 7.13. The van der Waals surface area contributed by atoms with E-state index in [0.29, 0.717) is 28.1 Å². The third kappa shape index (κ3) is 1.79. The summed E-state index contributed by atoms with van der Waals surface area (Å²) in [6.07, 6.45) is 0.638. The Hall–Kier alpha value is -0.870. The summed E-state index contributed by atoms with van der Waals surface area (Å²) in [5, 5.41) is 0.206. The predicted octanol–water partition coefficient (Wildman–Crippen LogP) is 3.22. The van der Waals surface area contributed by atoms with Crippen LogP contribution in [0.25, 0.3) is 5.03 Å². The second-order valence-corrected chi connectivity index (χ2v) is 4.40. The molecule has 1 aliphatic rings. The van der Waals surface area contributed by atoms with Gasteiger partial charge in [-0.25, -0.2) is 8.78 Å². The second-order valence-electron chi connectivity index (χ2n) is 3.01. The lowest BCUT2D eigenvalue weighted by Crippen LogP contribution is -2.02. The van der Waals surface area contributed by atoms with Crippen molar-refractivity contribution in [3.05, 3.63) is 34.9 Å².